The Morgan fingerprint density at radius 3 is 2.31 bits per heavy atom. The molecule has 3 fully saturated rings. The lowest BCUT2D eigenvalue weighted by Crippen LogP contribution is -2.53. The highest BCUT2D eigenvalue weighted by molar-refractivity contribution is 5.88. The van der Waals surface area contributed by atoms with Crippen LogP contribution >= 0.6 is 0 Å². The Morgan fingerprint density at radius 1 is 1.19 bits per heavy atom. The van der Waals surface area contributed by atoms with Crippen LogP contribution in [0.3, 0.4) is 0 Å². The van der Waals surface area contributed by atoms with E-state index in [1.165, 1.54) is 0 Å². The molecule has 2 aliphatic heterocycles. The average molecular weight is 228 g/mol. The van der Waals surface area contributed by atoms with Crippen molar-refractivity contribution in [1.82, 2.24) is 10.6 Å². The Hall–Kier alpha value is -0.690. The third-order valence-electron chi connectivity index (χ3n) is 3.79. The van der Waals surface area contributed by atoms with E-state index in [0.29, 0.717) is 38.9 Å². The number of ether oxygens (including phenoxy) is 2. The van der Waals surface area contributed by atoms with Crippen LogP contribution < -0.4 is 10.6 Å². The van der Waals surface area contributed by atoms with Crippen molar-refractivity contribution in [2.45, 2.75) is 43.4 Å². The summed E-state index contributed by atoms with van der Waals surface area (Å²) < 4.78 is 11.2. The summed E-state index contributed by atoms with van der Waals surface area (Å²) in [6.45, 7) is 1.27. The van der Waals surface area contributed by atoms with Gasteiger partial charge in [0, 0.05) is 12.8 Å². The molecule has 2 saturated heterocycles. The highest BCUT2D eigenvalue weighted by Gasteiger charge is 2.53. The minimum Gasteiger partial charge on any atom is -0.361 e. The lowest BCUT2D eigenvalue weighted by Gasteiger charge is -2.39. The Bertz CT molecular complexity index is 304. The molecule has 6 heteroatoms. The standard InChI is InChI=1S/C10H16N2O4/c13-7-9(12-8(14)11-7)1-3-10(4-2-9)15-5-6-16-10/h8,12,14H,1-6H2,(H,11,13). The van der Waals surface area contributed by atoms with Crippen LogP contribution in [0.1, 0.15) is 25.7 Å². The second-order valence-corrected chi connectivity index (χ2v) is 4.71. The number of aliphatic hydroxyl groups excluding tert-OH is 1. The molecule has 1 saturated carbocycles. The maximum absolute atomic E-state index is 11.7. The van der Waals surface area contributed by atoms with Crippen molar-refractivity contribution in [2.24, 2.45) is 0 Å². The van der Waals surface area contributed by atoms with Gasteiger partial charge in [0.2, 0.25) is 5.91 Å². The summed E-state index contributed by atoms with van der Waals surface area (Å²) in [5, 5.41) is 14.8. The van der Waals surface area contributed by atoms with E-state index < -0.39 is 17.7 Å². The van der Waals surface area contributed by atoms with Gasteiger partial charge in [-0.2, -0.15) is 0 Å². The van der Waals surface area contributed by atoms with Crippen LogP contribution in [-0.4, -0.2) is 41.9 Å². The minimum absolute atomic E-state index is 0.118. The third-order valence-corrected chi connectivity index (χ3v) is 3.79. The Balaban J connectivity index is 1.72. The van der Waals surface area contributed by atoms with Crippen LogP contribution in [0.5, 0.6) is 0 Å². The van der Waals surface area contributed by atoms with Gasteiger partial charge in [-0.05, 0) is 12.8 Å². The number of hydrogen-bond donors (Lipinski definition) is 3. The van der Waals surface area contributed by atoms with E-state index in [1.54, 1.807) is 0 Å². The summed E-state index contributed by atoms with van der Waals surface area (Å²) in [5.74, 6) is -0.589. The number of amides is 1. The fourth-order valence-electron chi connectivity index (χ4n) is 2.84. The Labute approximate surface area is 93.3 Å². The van der Waals surface area contributed by atoms with E-state index in [1.807, 2.05) is 0 Å². The first-order valence-electron chi connectivity index (χ1n) is 5.69. The zero-order valence-corrected chi connectivity index (χ0v) is 8.99. The van der Waals surface area contributed by atoms with Gasteiger partial charge >= 0.3 is 0 Å². The molecule has 0 aromatic heterocycles. The molecule has 1 amide bonds. The summed E-state index contributed by atoms with van der Waals surface area (Å²) in [5.41, 5.74) is -0.625. The molecule has 1 aliphatic carbocycles. The fourth-order valence-corrected chi connectivity index (χ4v) is 2.84. The van der Waals surface area contributed by atoms with E-state index in [4.69, 9.17) is 9.47 Å². The first-order valence-corrected chi connectivity index (χ1v) is 5.69. The number of hydrogen-bond acceptors (Lipinski definition) is 5. The number of carbonyl (C=O) groups is 1. The molecule has 0 radical (unpaired) electrons. The van der Waals surface area contributed by atoms with Gasteiger partial charge in [-0.3, -0.25) is 10.1 Å². The predicted molar refractivity (Wildman–Crippen MR) is 53.1 cm³/mol. The molecule has 16 heavy (non-hydrogen) atoms. The number of rotatable bonds is 0. The van der Waals surface area contributed by atoms with E-state index >= 15 is 0 Å². The summed E-state index contributed by atoms with van der Waals surface area (Å²) >= 11 is 0. The van der Waals surface area contributed by atoms with Crippen LogP contribution in [0.25, 0.3) is 0 Å². The zero-order valence-electron chi connectivity index (χ0n) is 8.99. The van der Waals surface area contributed by atoms with Crippen LogP contribution in [0, 0.1) is 0 Å². The third kappa shape index (κ3) is 1.45. The van der Waals surface area contributed by atoms with Gasteiger partial charge in [0.1, 0.15) is 5.54 Å². The van der Waals surface area contributed by atoms with Gasteiger partial charge in [0.05, 0.1) is 13.2 Å². The molecule has 2 heterocycles. The largest absolute Gasteiger partial charge is 0.361 e. The SMILES string of the molecule is O=C1NC(O)NC12CCC1(CC2)OCCO1. The number of carbonyl (C=O) groups excluding carboxylic acids is 1. The quantitative estimate of drug-likeness (QED) is 0.497. The molecular weight excluding hydrogens is 212 g/mol. The second-order valence-electron chi connectivity index (χ2n) is 4.71. The monoisotopic (exact) mass is 228 g/mol. The van der Waals surface area contributed by atoms with Crippen molar-refractivity contribution in [1.29, 1.82) is 0 Å². The Kier molecular flexibility index (Phi) is 2.22. The maximum atomic E-state index is 11.7. The summed E-state index contributed by atoms with van der Waals surface area (Å²) in [6, 6.07) is 0. The van der Waals surface area contributed by atoms with Crippen LogP contribution in [-0.2, 0) is 14.3 Å². The van der Waals surface area contributed by atoms with Crippen molar-refractivity contribution < 1.29 is 19.4 Å². The Morgan fingerprint density at radius 2 is 1.81 bits per heavy atom. The zero-order chi connectivity index (χ0) is 11.2. The second kappa shape index (κ2) is 3.40. The van der Waals surface area contributed by atoms with E-state index in [0.717, 1.165) is 0 Å². The molecule has 3 aliphatic rings. The van der Waals surface area contributed by atoms with Crippen molar-refractivity contribution >= 4 is 5.91 Å². The highest BCUT2D eigenvalue weighted by atomic mass is 16.7. The van der Waals surface area contributed by atoms with Gasteiger partial charge in [0.25, 0.3) is 0 Å². The summed E-state index contributed by atoms with van der Waals surface area (Å²) in [6.07, 6.45) is 1.73. The molecule has 2 spiro atoms. The topological polar surface area (TPSA) is 79.8 Å². The normalized spacial score (nSPS) is 35.8. The molecule has 1 unspecified atom stereocenters. The summed E-state index contributed by atoms with van der Waals surface area (Å²) in [4.78, 5) is 11.7. The molecule has 3 N–H and O–H groups in total. The van der Waals surface area contributed by atoms with Crippen LogP contribution in [0.15, 0.2) is 0 Å². The molecule has 3 rings (SSSR count). The van der Waals surface area contributed by atoms with Gasteiger partial charge in [-0.1, -0.05) is 0 Å². The number of nitrogens with one attached hydrogen (secondary N) is 2. The minimum atomic E-state index is -0.924. The van der Waals surface area contributed by atoms with Crippen molar-refractivity contribution in [2.75, 3.05) is 13.2 Å². The molecule has 6 nitrogen and oxygen atoms in total. The van der Waals surface area contributed by atoms with Gasteiger partial charge in [-0.25, -0.2) is 0 Å². The van der Waals surface area contributed by atoms with Crippen molar-refractivity contribution in [3.63, 3.8) is 0 Å². The van der Waals surface area contributed by atoms with Crippen molar-refractivity contribution in [3.05, 3.63) is 0 Å². The van der Waals surface area contributed by atoms with Gasteiger partial charge in [0.15, 0.2) is 12.1 Å². The van der Waals surface area contributed by atoms with Crippen LogP contribution in [0.4, 0.5) is 0 Å². The molecule has 0 aromatic carbocycles. The highest BCUT2D eigenvalue weighted by Crippen LogP contribution is 2.41. The summed E-state index contributed by atoms with van der Waals surface area (Å²) in [7, 11) is 0. The lowest BCUT2D eigenvalue weighted by molar-refractivity contribution is -0.186. The predicted octanol–water partition coefficient (Wildman–Crippen LogP) is -0.962. The fraction of sp³-hybridized carbons (Fsp3) is 0.900. The molecule has 90 valence electrons. The van der Waals surface area contributed by atoms with Gasteiger partial charge in [-0.15, -0.1) is 0 Å². The first kappa shape index (κ1) is 10.5. The average Bonchev–Trinajstić information content (AvgIpc) is 2.80. The lowest BCUT2D eigenvalue weighted by atomic mass is 9.79. The molecule has 1 atom stereocenters. The number of aliphatic hydroxyl groups is 1. The van der Waals surface area contributed by atoms with E-state index in [9.17, 15) is 9.90 Å². The first-order chi connectivity index (χ1) is 7.64. The molecular formula is C10H16N2O4. The van der Waals surface area contributed by atoms with Crippen LogP contribution in [0.2, 0.25) is 0 Å². The molecule has 0 bridgehead atoms. The van der Waals surface area contributed by atoms with Gasteiger partial charge < -0.3 is 19.9 Å². The van der Waals surface area contributed by atoms with Crippen molar-refractivity contribution in [3.8, 4) is 0 Å². The maximum Gasteiger partial charge on any atom is 0.243 e. The van der Waals surface area contributed by atoms with E-state index in [-0.39, 0.29) is 5.91 Å². The van der Waals surface area contributed by atoms with E-state index in [2.05, 4.69) is 10.6 Å². The smallest absolute Gasteiger partial charge is 0.243 e. The molecule has 0 aromatic rings.